The van der Waals surface area contributed by atoms with Crippen LogP contribution in [0.4, 0.5) is 0 Å². The Morgan fingerprint density at radius 1 is 1.24 bits per heavy atom. The molecule has 2 heterocycles. The SMILES string of the molecule is CCCN(CC)C(=O)c1ncn2c1CN(CC(=O)OC)S(=O)(=O)c1ccccc1-2. The topological polar surface area (TPSA) is 102 Å². The first-order valence-electron chi connectivity index (χ1n) is 9.37. The molecule has 9 nitrogen and oxygen atoms in total. The van der Waals surface area contributed by atoms with Crippen molar-refractivity contribution in [3.05, 3.63) is 42.0 Å². The van der Waals surface area contributed by atoms with Crippen molar-refractivity contribution < 1.29 is 22.7 Å². The predicted molar refractivity (Wildman–Crippen MR) is 105 cm³/mol. The van der Waals surface area contributed by atoms with Gasteiger partial charge in [0.05, 0.1) is 25.0 Å². The predicted octanol–water partition coefficient (Wildman–Crippen LogP) is 1.42. The monoisotopic (exact) mass is 420 g/mol. The van der Waals surface area contributed by atoms with Crippen LogP contribution in [0.15, 0.2) is 35.5 Å². The van der Waals surface area contributed by atoms with Crippen molar-refractivity contribution in [3.8, 4) is 5.69 Å². The number of carbonyl (C=O) groups excluding carboxylic acids is 2. The number of amides is 1. The van der Waals surface area contributed by atoms with Crippen LogP contribution in [0.1, 0.15) is 36.5 Å². The zero-order valence-corrected chi connectivity index (χ0v) is 17.5. The molecule has 1 amide bonds. The van der Waals surface area contributed by atoms with Gasteiger partial charge in [-0.05, 0) is 25.5 Å². The molecule has 0 spiro atoms. The van der Waals surface area contributed by atoms with Crippen LogP contribution < -0.4 is 0 Å². The summed E-state index contributed by atoms with van der Waals surface area (Å²) in [6.45, 7) is 4.31. The number of ether oxygens (including phenoxy) is 1. The molecule has 0 atom stereocenters. The highest BCUT2D eigenvalue weighted by atomic mass is 32.2. The lowest BCUT2D eigenvalue weighted by Gasteiger charge is -2.21. The fourth-order valence-corrected chi connectivity index (χ4v) is 4.88. The summed E-state index contributed by atoms with van der Waals surface area (Å²) in [6, 6.07) is 6.45. The zero-order valence-electron chi connectivity index (χ0n) is 16.7. The zero-order chi connectivity index (χ0) is 21.2. The smallest absolute Gasteiger partial charge is 0.321 e. The number of esters is 1. The van der Waals surface area contributed by atoms with Crippen molar-refractivity contribution in [1.82, 2.24) is 18.8 Å². The van der Waals surface area contributed by atoms with Crippen molar-refractivity contribution >= 4 is 21.9 Å². The number of imidazole rings is 1. The van der Waals surface area contributed by atoms with E-state index in [0.717, 1.165) is 10.7 Å². The Kier molecular flexibility index (Phi) is 6.04. The number of aromatic nitrogens is 2. The summed E-state index contributed by atoms with van der Waals surface area (Å²) in [6.07, 6.45) is 2.25. The van der Waals surface area contributed by atoms with E-state index in [1.807, 2.05) is 13.8 Å². The second-order valence-corrected chi connectivity index (χ2v) is 8.52. The Balaban J connectivity index is 2.17. The lowest BCUT2D eigenvalue weighted by molar-refractivity contribution is -0.140. The number of para-hydroxylation sites is 1. The van der Waals surface area contributed by atoms with Crippen LogP contribution in [0.5, 0.6) is 0 Å². The highest BCUT2D eigenvalue weighted by molar-refractivity contribution is 7.89. The summed E-state index contributed by atoms with van der Waals surface area (Å²) in [5.74, 6) is -0.953. The fraction of sp³-hybridized carbons (Fsp3) is 0.421. The molecule has 0 saturated heterocycles. The molecule has 1 aromatic carbocycles. The van der Waals surface area contributed by atoms with E-state index in [1.165, 1.54) is 19.5 Å². The van der Waals surface area contributed by atoms with Gasteiger partial charge in [0.15, 0.2) is 5.69 Å². The molecular weight excluding hydrogens is 396 g/mol. The fourth-order valence-electron chi connectivity index (χ4n) is 3.35. The number of benzene rings is 1. The number of hydrogen-bond donors (Lipinski definition) is 0. The van der Waals surface area contributed by atoms with E-state index in [0.29, 0.717) is 24.5 Å². The average molecular weight is 420 g/mol. The van der Waals surface area contributed by atoms with Gasteiger partial charge in [0.2, 0.25) is 10.0 Å². The van der Waals surface area contributed by atoms with Crippen LogP contribution in [0.2, 0.25) is 0 Å². The summed E-state index contributed by atoms with van der Waals surface area (Å²) in [7, 11) is -2.78. The van der Waals surface area contributed by atoms with Gasteiger partial charge in [-0.3, -0.25) is 14.2 Å². The third-order valence-corrected chi connectivity index (χ3v) is 6.67. The van der Waals surface area contributed by atoms with Gasteiger partial charge < -0.3 is 9.64 Å². The van der Waals surface area contributed by atoms with Gasteiger partial charge in [0.1, 0.15) is 17.8 Å². The molecule has 0 bridgehead atoms. The number of sulfonamides is 1. The van der Waals surface area contributed by atoms with E-state index in [9.17, 15) is 18.0 Å². The minimum Gasteiger partial charge on any atom is -0.468 e. The van der Waals surface area contributed by atoms with Crippen molar-refractivity contribution in [2.24, 2.45) is 0 Å². The molecule has 1 aliphatic rings. The van der Waals surface area contributed by atoms with Crippen molar-refractivity contribution in [2.75, 3.05) is 26.7 Å². The van der Waals surface area contributed by atoms with Gasteiger partial charge in [-0.2, -0.15) is 4.31 Å². The molecule has 0 fully saturated rings. The summed E-state index contributed by atoms with van der Waals surface area (Å²) >= 11 is 0. The van der Waals surface area contributed by atoms with Gasteiger partial charge in [-0.25, -0.2) is 13.4 Å². The standard InChI is InChI=1S/C19H24N4O5S/c1-4-10-21(5-2)19(25)18-15-11-22(12-17(24)28-3)29(26,27)16-9-7-6-8-14(16)23(15)13-20-18/h6-9,13H,4-5,10-12H2,1-3H3. The average Bonchev–Trinajstić information content (AvgIpc) is 3.10. The molecule has 156 valence electrons. The maximum Gasteiger partial charge on any atom is 0.321 e. The van der Waals surface area contributed by atoms with E-state index in [-0.39, 0.29) is 23.0 Å². The second-order valence-electron chi connectivity index (χ2n) is 6.61. The lowest BCUT2D eigenvalue weighted by atomic mass is 10.2. The van der Waals surface area contributed by atoms with Crippen molar-refractivity contribution in [3.63, 3.8) is 0 Å². The molecule has 1 aliphatic heterocycles. The number of fused-ring (bicyclic) bond motifs is 3. The minimum absolute atomic E-state index is 0.0416. The second kappa shape index (κ2) is 8.34. The van der Waals surface area contributed by atoms with Crippen molar-refractivity contribution in [1.29, 1.82) is 0 Å². The Bertz CT molecular complexity index is 1030. The molecule has 0 unspecified atom stereocenters. The van der Waals surface area contributed by atoms with Gasteiger partial charge in [-0.1, -0.05) is 19.1 Å². The number of nitrogens with zero attached hydrogens (tertiary/aromatic N) is 4. The van der Waals surface area contributed by atoms with Gasteiger partial charge in [0.25, 0.3) is 5.91 Å². The van der Waals surface area contributed by atoms with Crippen LogP contribution in [-0.4, -0.2) is 65.8 Å². The molecule has 10 heteroatoms. The summed E-state index contributed by atoms with van der Waals surface area (Å²) in [4.78, 5) is 30.9. The first-order valence-corrected chi connectivity index (χ1v) is 10.8. The highest BCUT2D eigenvalue weighted by Crippen LogP contribution is 2.31. The van der Waals surface area contributed by atoms with E-state index >= 15 is 0 Å². The Morgan fingerprint density at radius 3 is 2.62 bits per heavy atom. The van der Waals surface area contributed by atoms with E-state index in [2.05, 4.69) is 9.72 Å². The first kappa shape index (κ1) is 21.0. The van der Waals surface area contributed by atoms with E-state index < -0.39 is 22.5 Å². The third kappa shape index (κ3) is 3.77. The maximum absolute atomic E-state index is 13.2. The van der Waals surface area contributed by atoms with Gasteiger partial charge >= 0.3 is 5.97 Å². The van der Waals surface area contributed by atoms with Crippen LogP contribution in [0.3, 0.4) is 0 Å². The highest BCUT2D eigenvalue weighted by Gasteiger charge is 2.36. The molecule has 0 N–H and O–H groups in total. The molecule has 2 aromatic rings. The molecule has 3 rings (SSSR count). The van der Waals surface area contributed by atoms with Crippen LogP contribution in [-0.2, 0) is 26.1 Å². The Hall–Kier alpha value is -2.72. The molecule has 0 saturated carbocycles. The molecule has 0 radical (unpaired) electrons. The molecule has 1 aromatic heterocycles. The van der Waals surface area contributed by atoms with Crippen molar-refractivity contribution in [2.45, 2.75) is 31.7 Å². The van der Waals surface area contributed by atoms with Crippen LogP contribution in [0, 0.1) is 0 Å². The molecular formula is C19H24N4O5S. The van der Waals surface area contributed by atoms with Gasteiger partial charge in [-0.15, -0.1) is 0 Å². The summed E-state index contributed by atoms with van der Waals surface area (Å²) < 4.78 is 33.7. The Labute approximate surface area is 169 Å². The normalized spacial score (nSPS) is 15.1. The van der Waals surface area contributed by atoms with E-state index in [1.54, 1.807) is 27.7 Å². The largest absolute Gasteiger partial charge is 0.468 e. The first-order chi connectivity index (χ1) is 13.8. The van der Waals surface area contributed by atoms with Gasteiger partial charge in [0, 0.05) is 13.1 Å². The third-order valence-electron chi connectivity index (χ3n) is 4.83. The molecule has 29 heavy (non-hydrogen) atoms. The van der Waals surface area contributed by atoms with Crippen LogP contribution >= 0.6 is 0 Å². The van der Waals surface area contributed by atoms with E-state index in [4.69, 9.17) is 0 Å². The minimum atomic E-state index is -3.98. The number of rotatable bonds is 6. The lowest BCUT2D eigenvalue weighted by Crippen LogP contribution is -2.36. The maximum atomic E-state index is 13.2. The summed E-state index contributed by atoms with van der Waals surface area (Å²) in [5.41, 5.74) is 0.990. The number of methoxy groups -OCH3 is 1. The Morgan fingerprint density at radius 2 is 1.97 bits per heavy atom. The number of hydrogen-bond acceptors (Lipinski definition) is 6. The quantitative estimate of drug-likeness (QED) is 0.655. The molecule has 0 aliphatic carbocycles. The van der Waals surface area contributed by atoms with Crippen LogP contribution in [0.25, 0.3) is 5.69 Å². The number of carbonyl (C=O) groups is 2. The summed E-state index contributed by atoms with van der Waals surface area (Å²) in [5, 5.41) is 0.